The van der Waals surface area contributed by atoms with Crippen molar-refractivity contribution in [2.45, 2.75) is 33.8 Å². The average Bonchev–Trinajstić information content (AvgIpc) is 2.60. The van der Waals surface area contributed by atoms with Gasteiger partial charge in [-0.05, 0) is 48.7 Å². The van der Waals surface area contributed by atoms with Gasteiger partial charge in [0.25, 0.3) is 0 Å². The summed E-state index contributed by atoms with van der Waals surface area (Å²) in [5.74, 6) is 1.61. The molecule has 0 aromatic heterocycles. The molecule has 2 aromatic rings. The fourth-order valence-electron chi connectivity index (χ4n) is 2.85. The minimum Gasteiger partial charge on any atom is -0.489 e. The molecule has 2 heteroatoms. The fraction of sp³-hybridized carbons (Fsp3) is 0.429. The molecule has 0 saturated heterocycles. The van der Waals surface area contributed by atoms with Crippen LogP contribution < -0.4 is 4.74 Å². The molecule has 0 heterocycles. The third-order valence-electron chi connectivity index (χ3n) is 4.22. The lowest BCUT2D eigenvalue weighted by molar-refractivity contribution is 0.260. The van der Waals surface area contributed by atoms with Crippen LogP contribution in [0, 0.1) is 5.92 Å². The largest absolute Gasteiger partial charge is 0.489 e. The molecule has 2 rings (SSSR count). The van der Waals surface area contributed by atoms with Crippen LogP contribution in [0.5, 0.6) is 5.75 Å². The third kappa shape index (κ3) is 6.07. The van der Waals surface area contributed by atoms with Gasteiger partial charge in [0.2, 0.25) is 0 Å². The summed E-state index contributed by atoms with van der Waals surface area (Å²) in [4.78, 5) is 2.49. The monoisotopic (exact) mass is 311 g/mol. The molecule has 1 atom stereocenters. The predicted octanol–water partition coefficient (Wildman–Crippen LogP) is 4.79. The molecule has 0 aliphatic heterocycles. The minimum absolute atomic E-state index is 0.624. The van der Waals surface area contributed by atoms with Crippen molar-refractivity contribution in [3.05, 3.63) is 65.7 Å². The van der Waals surface area contributed by atoms with Gasteiger partial charge in [0, 0.05) is 6.54 Å². The van der Waals surface area contributed by atoms with E-state index >= 15 is 0 Å². The molecule has 23 heavy (non-hydrogen) atoms. The van der Waals surface area contributed by atoms with E-state index in [0.717, 1.165) is 25.3 Å². The molecular weight excluding hydrogens is 282 g/mol. The van der Waals surface area contributed by atoms with Gasteiger partial charge < -0.3 is 9.64 Å². The van der Waals surface area contributed by atoms with E-state index in [2.05, 4.69) is 62.1 Å². The fourth-order valence-corrected chi connectivity index (χ4v) is 2.85. The van der Waals surface area contributed by atoms with E-state index < -0.39 is 0 Å². The van der Waals surface area contributed by atoms with Crippen LogP contribution in [0.1, 0.15) is 31.9 Å². The summed E-state index contributed by atoms with van der Waals surface area (Å²) < 4.78 is 5.84. The van der Waals surface area contributed by atoms with Crippen molar-refractivity contribution in [1.82, 2.24) is 4.90 Å². The lowest BCUT2D eigenvalue weighted by Gasteiger charge is -2.22. The van der Waals surface area contributed by atoms with Gasteiger partial charge in [0.1, 0.15) is 12.4 Å². The zero-order valence-corrected chi connectivity index (χ0v) is 14.7. The lowest BCUT2D eigenvalue weighted by Crippen LogP contribution is -2.28. The van der Waals surface area contributed by atoms with Gasteiger partial charge in [-0.25, -0.2) is 0 Å². The van der Waals surface area contributed by atoms with Gasteiger partial charge in [-0.3, -0.25) is 0 Å². The van der Waals surface area contributed by atoms with Gasteiger partial charge in [-0.1, -0.05) is 63.2 Å². The predicted molar refractivity (Wildman–Crippen MR) is 97.9 cm³/mol. The Bertz CT molecular complexity index is 546. The second-order valence-electron chi connectivity index (χ2n) is 6.21. The smallest absolute Gasteiger partial charge is 0.119 e. The van der Waals surface area contributed by atoms with Crippen molar-refractivity contribution in [3.63, 3.8) is 0 Å². The molecule has 0 fully saturated rings. The van der Waals surface area contributed by atoms with Gasteiger partial charge in [0.05, 0.1) is 0 Å². The van der Waals surface area contributed by atoms with Crippen molar-refractivity contribution in [1.29, 1.82) is 0 Å². The van der Waals surface area contributed by atoms with E-state index in [9.17, 15) is 0 Å². The third-order valence-corrected chi connectivity index (χ3v) is 4.22. The number of rotatable bonds is 9. The Morgan fingerprint density at radius 1 is 0.870 bits per heavy atom. The maximum atomic E-state index is 5.84. The van der Waals surface area contributed by atoms with Crippen LogP contribution in [-0.4, -0.2) is 24.5 Å². The number of hydrogen-bond donors (Lipinski definition) is 0. The van der Waals surface area contributed by atoms with Gasteiger partial charge in [0.15, 0.2) is 0 Å². The summed E-state index contributed by atoms with van der Waals surface area (Å²) in [6, 6.07) is 18.8. The minimum atomic E-state index is 0.624. The van der Waals surface area contributed by atoms with Crippen molar-refractivity contribution in [2.24, 2.45) is 5.92 Å². The number of benzene rings is 2. The topological polar surface area (TPSA) is 12.5 Å². The number of nitrogens with zero attached hydrogens (tertiary/aromatic N) is 1. The van der Waals surface area contributed by atoms with Crippen LogP contribution in [-0.2, 0) is 13.0 Å². The van der Waals surface area contributed by atoms with Crippen molar-refractivity contribution in [2.75, 3.05) is 19.6 Å². The van der Waals surface area contributed by atoms with Gasteiger partial charge in [-0.2, -0.15) is 0 Å². The Labute approximate surface area is 141 Å². The molecule has 0 amide bonds. The summed E-state index contributed by atoms with van der Waals surface area (Å²) in [6.45, 7) is 10.8. The van der Waals surface area contributed by atoms with Crippen LogP contribution in [0.15, 0.2) is 54.6 Å². The summed E-state index contributed by atoms with van der Waals surface area (Å²) in [6.07, 6.45) is 1.12. The average molecular weight is 311 g/mol. The molecule has 124 valence electrons. The molecule has 0 aliphatic carbocycles. The molecule has 0 N–H and O–H groups in total. The maximum Gasteiger partial charge on any atom is 0.119 e. The van der Waals surface area contributed by atoms with E-state index in [1.54, 1.807) is 0 Å². The second-order valence-corrected chi connectivity index (χ2v) is 6.21. The van der Waals surface area contributed by atoms with E-state index in [0.29, 0.717) is 12.5 Å². The van der Waals surface area contributed by atoms with Crippen LogP contribution >= 0.6 is 0 Å². The highest BCUT2D eigenvalue weighted by molar-refractivity contribution is 5.28. The molecule has 0 spiro atoms. The highest BCUT2D eigenvalue weighted by Crippen LogP contribution is 2.17. The van der Waals surface area contributed by atoms with E-state index in [1.165, 1.54) is 17.7 Å². The molecule has 0 bridgehead atoms. The van der Waals surface area contributed by atoms with Crippen molar-refractivity contribution in [3.8, 4) is 5.75 Å². The Hall–Kier alpha value is -1.80. The van der Waals surface area contributed by atoms with Gasteiger partial charge >= 0.3 is 0 Å². The van der Waals surface area contributed by atoms with Crippen LogP contribution in [0.3, 0.4) is 0 Å². The first-order valence-electron chi connectivity index (χ1n) is 8.69. The zero-order chi connectivity index (χ0) is 16.5. The maximum absolute atomic E-state index is 5.84. The molecular formula is C21H29NO. The number of hydrogen-bond acceptors (Lipinski definition) is 2. The lowest BCUT2D eigenvalue weighted by atomic mass is 10.0. The van der Waals surface area contributed by atoms with Crippen molar-refractivity contribution >= 4 is 0 Å². The first kappa shape index (κ1) is 17.6. The molecule has 2 aromatic carbocycles. The first-order chi connectivity index (χ1) is 11.2. The molecule has 0 radical (unpaired) electrons. The normalized spacial score (nSPS) is 12.3. The van der Waals surface area contributed by atoms with Crippen molar-refractivity contribution < 1.29 is 4.74 Å². The summed E-state index contributed by atoms with van der Waals surface area (Å²) in [5.41, 5.74) is 2.58. The van der Waals surface area contributed by atoms with Crippen LogP contribution in [0.2, 0.25) is 0 Å². The Balaban J connectivity index is 1.82. The van der Waals surface area contributed by atoms with E-state index in [-0.39, 0.29) is 0 Å². The van der Waals surface area contributed by atoms with Crippen LogP contribution in [0.4, 0.5) is 0 Å². The van der Waals surface area contributed by atoms with E-state index in [4.69, 9.17) is 4.74 Å². The van der Waals surface area contributed by atoms with Crippen LogP contribution in [0.25, 0.3) is 0 Å². The highest BCUT2D eigenvalue weighted by Gasteiger charge is 2.08. The standard InChI is InChI=1S/C21H29NO/c1-4-22(5-2)16-18(3)15-19-11-13-21(14-12-19)23-17-20-9-7-6-8-10-20/h6-14,18H,4-5,15-17H2,1-3H3. The summed E-state index contributed by atoms with van der Waals surface area (Å²) >= 11 is 0. The molecule has 2 nitrogen and oxygen atoms in total. The Morgan fingerprint density at radius 2 is 1.52 bits per heavy atom. The first-order valence-corrected chi connectivity index (χ1v) is 8.69. The second kappa shape index (κ2) is 9.36. The molecule has 0 saturated carbocycles. The summed E-state index contributed by atoms with van der Waals surface area (Å²) in [7, 11) is 0. The summed E-state index contributed by atoms with van der Waals surface area (Å²) in [5, 5.41) is 0. The highest BCUT2D eigenvalue weighted by atomic mass is 16.5. The van der Waals surface area contributed by atoms with Gasteiger partial charge in [-0.15, -0.1) is 0 Å². The Kier molecular flexibility index (Phi) is 7.15. The zero-order valence-electron chi connectivity index (χ0n) is 14.7. The van der Waals surface area contributed by atoms with E-state index in [1.807, 2.05) is 18.2 Å². The number of ether oxygens (including phenoxy) is 1. The molecule has 1 unspecified atom stereocenters. The molecule has 0 aliphatic rings. The SMILES string of the molecule is CCN(CC)CC(C)Cc1ccc(OCc2ccccc2)cc1. The Morgan fingerprint density at radius 3 is 2.13 bits per heavy atom. The quantitative estimate of drug-likeness (QED) is 0.660.